The lowest BCUT2D eigenvalue weighted by atomic mass is 9.76. The van der Waals surface area contributed by atoms with Crippen molar-refractivity contribution in [2.75, 3.05) is 0 Å². The number of pyridine rings is 1. The second kappa shape index (κ2) is 17.2. The number of hydrogen-bond acceptors (Lipinski definition) is 4. The third-order valence-corrected chi connectivity index (χ3v) is 15.8. The van der Waals surface area contributed by atoms with Crippen molar-refractivity contribution in [1.29, 1.82) is 5.26 Å². The lowest BCUT2D eigenvalue weighted by molar-refractivity contribution is 0.669. The average molecular weight is 995 g/mol. The first kappa shape index (κ1) is 43.6. The fourth-order valence-corrected chi connectivity index (χ4v) is 12.6. The predicted octanol–water partition coefficient (Wildman–Crippen LogP) is 19.3. The smallest absolute Gasteiger partial charge is 0.140 e. The highest BCUT2D eigenvalue weighted by Crippen LogP contribution is 2.54. The standard InChI is InChI=1S/C72H42N4O2/c73-43-55-64(44-21-5-1-6-22-44)66(45-23-7-2-8-24-45)68(47-27-11-4-12-28-47)67(46-25-9-3-10-26-46)65(55)48-41-62(75-56-33-17-13-29-49(56)51-37-39-60-69(71(51)75)53-31-15-19-35-58(53)77-60)74-63(42-48)76-57-34-18-14-30-50(57)52-38-40-61-70(72(52)76)54-32-16-20-36-59(54)78-61/h1-42H. The van der Waals surface area contributed by atoms with E-state index in [0.29, 0.717) is 17.2 Å². The van der Waals surface area contributed by atoms with Gasteiger partial charge in [0.05, 0.1) is 38.4 Å². The Labute approximate surface area is 447 Å². The topological polar surface area (TPSA) is 72.8 Å². The molecule has 0 bridgehead atoms. The number of rotatable bonds is 7. The van der Waals surface area contributed by atoms with Crippen molar-refractivity contribution >= 4 is 87.5 Å². The lowest BCUT2D eigenvalue weighted by Crippen LogP contribution is -2.07. The first-order valence-electron chi connectivity index (χ1n) is 26.3. The van der Waals surface area contributed by atoms with E-state index in [1.165, 1.54) is 0 Å². The van der Waals surface area contributed by atoms with Gasteiger partial charge in [0, 0.05) is 43.4 Å². The van der Waals surface area contributed by atoms with E-state index in [9.17, 15) is 5.26 Å². The maximum atomic E-state index is 12.3. The van der Waals surface area contributed by atoms with E-state index in [4.69, 9.17) is 13.8 Å². The Hall–Kier alpha value is -10.7. The van der Waals surface area contributed by atoms with Gasteiger partial charge in [0.25, 0.3) is 0 Å². The van der Waals surface area contributed by atoms with Crippen molar-refractivity contribution < 1.29 is 8.83 Å². The minimum absolute atomic E-state index is 0.553. The zero-order valence-corrected chi connectivity index (χ0v) is 41.9. The van der Waals surface area contributed by atoms with Gasteiger partial charge in [-0.1, -0.05) is 194 Å². The molecule has 6 heteroatoms. The molecule has 0 N–H and O–H groups in total. The number of para-hydroxylation sites is 4. The van der Waals surface area contributed by atoms with Crippen LogP contribution in [0.4, 0.5) is 0 Å². The Bertz CT molecular complexity index is 4930. The molecule has 0 amide bonds. The van der Waals surface area contributed by atoms with Crippen LogP contribution >= 0.6 is 0 Å². The van der Waals surface area contributed by atoms with Crippen LogP contribution in [0.3, 0.4) is 0 Å². The van der Waals surface area contributed by atoms with Crippen LogP contribution in [0.15, 0.2) is 264 Å². The van der Waals surface area contributed by atoms with Crippen LogP contribution in [0, 0.1) is 11.3 Å². The molecule has 0 atom stereocenters. The number of nitrogens with zero attached hydrogens (tertiary/aromatic N) is 4. The summed E-state index contributed by atoms with van der Waals surface area (Å²) in [4.78, 5) is 5.95. The van der Waals surface area contributed by atoms with Crippen molar-refractivity contribution in [3.63, 3.8) is 0 Å². The average Bonchev–Trinajstić information content (AvgIpc) is 4.42. The maximum absolute atomic E-state index is 12.3. The minimum atomic E-state index is 0.553. The van der Waals surface area contributed by atoms with E-state index >= 15 is 0 Å². The van der Waals surface area contributed by atoms with Crippen molar-refractivity contribution in [2.45, 2.75) is 0 Å². The summed E-state index contributed by atoms with van der Waals surface area (Å²) in [5.41, 5.74) is 17.1. The highest BCUT2D eigenvalue weighted by molar-refractivity contribution is 6.26. The van der Waals surface area contributed by atoms with Gasteiger partial charge in [0.15, 0.2) is 0 Å². The Morgan fingerprint density at radius 2 is 0.654 bits per heavy atom. The summed E-state index contributed by atoms with van der Waals surface area (Å²) in [5.74, 6) is 1.36. The number of nitriles is 1. The zero-order chi connectivity index (χ0) is 51.4. The molecule has 0 radical (unpaired) electrons. The number of fused-ring (bicyclic) bond motifs is 14. The van der Waals surface area contributed by atoms with E-state index in [1.54, 1.807) is 0 Å². The quantitative estimate of drug-likeness (QED) is 0.159. The summed E-state index contributed by atoms with van der Waals surface area (Å²) < 4.78 is 18.0. The van der Waals surface area contributed by atoms with Crippen LogP contribution in [0.2, 0.25) is 0 Å². The molecule has 5 aromatic heterocycles. The van der Waals surface area contributed by atoms with Crippen LogP contribution in [0.5, 0.6) is 0 Å². The highest BCUT2D eigenvalue weighted by atomic mass is 16.3. The van der Waals surface area contributed by atoms with Crippen LogP contribution < -0.4 is 0 Å². The van der Waals surface area contributed by atoms with Gasteiger partial charge in [-0.15, -0.1) is 0 Å². The molecular formula is C72H42N4O2. The molecule has 0 saturated carbocycles. The SMILES string of the molecule is N#Cc1c(-c2ccccc2)c(-c2ccccc2)c(-c2ccccc2)c(-c2ccccc2)c1-c1cc(-n2c3ccccc3c3ccc4oc5ccccc5c4c32)nc(-n2c3ccccc3c3ccc4oc5ccccc5c4c32)c1. The van der Waals surface area contributed by atoms with E-state index in [2.05, 4.69) is 240 Å². The van der Waals surface area contributed by atoms with Gasteiger partial charge >= 0.3 is 0 Å². The summed E-state index contributed by atoms with van der Waals surface area (Å²) in [6, 6.07) is 91.8. The molecule has 362 valence electrons. The number of furan rings is 2. The second-order valence-electron chi connectivity index (χ2n) is 20.0. The lowest BCUT2D eigenvalue weighted by Gasteiger charge is -2.26. The minimum Gasteiger partial charge on any atom is -0.456 e. The maximum Gasteiger partial charge on any atom is 0.140 e. The summed E-state index contributed by atoms with van der Waals surface area (Å²) in [6.45, 7) is 0. The van der Waals surface area contributed by atoms with Crippen molar-refractivity contribution in [3.05, 3.63) is 260 Å². The van der Waals surface area contributed by atoms with E-state index in [-0.39, 0.29) is 0 Å². The van der Waals surface area contributed by atoms with Gasteiger partial charge < -0.3 is 8.83 Å². The van der Waals surface area contributed by atoms with Gasteiger partial charge in [-0.05, 0) is 105 Å². The molecule has 0 fully saturated rings. The number of aromatic nitrogens is 3. The van der Waals surface area contributed by atoms with E-state index in [1.807, 2.05) is 30.3 Å². The third kappa shape index (κ3) is 6.40. The van der Waals surface area contributed by atoms with Gasteiger partial charge in [0.2, 0.25) is 0 Å². The fourth-order valence-electron chi connectivity index (χ4n) is 12.6. The first-order valence-corrected chi connectivity index (χ1v) is 26.3. The Kier molecular flexibility index (Phi) is 9.60. The van der Waals surface area contributed by atoms with Gasteiger partial charge in [-0.3, -0.25) is 9.13 Å². The largest absolute Gasteiger partial charge is 0.456 e. The first-order chi connectivity index (χ1) is 38.7. The molecule has 0 aliphatic heterocycles. The molecule has 0 aliphatic rings. The summed E-state index contributed by atoms with van der Waals surface area (Å²) in [6.07, 6.45) is 0. The van der Waals surface area contributed by atoms with Crippen LogP contribution in [-0.2, 0) is 0 Å². The Balaban J connectivity index is 1.15. The number of benzene rings is 11. The van der Waals surface area contributed by atoms with Gasteiger partial charge in [0.1, 0.15) is 40.0 Å². The van der Waals surface area contributed by atoms with Gasteiger partial charge in [-0.2, -0.15) is 5.26 Å². The van der Waals surface area contributed by atoms with E-state index in [0.717, 1.165) is 143 Å². The molecule has 16 aromatic rings. The summed E-state index contributed by atoms with van der Waals surface area (Å²) >= 11 is 0. The zero-order valence-electron chi connectivity index (χ0n) is 41.9. The van der Waals surface area contributed by atoms with Gasteiger partial charge in [-0.25, -0.2) is 4.98 Å². The molecule has 78 heavy (non-hydrogen) atoms. The van der Waals surface area contributed by atoms with Crippen molar-refractivity contribution in [1.82, 2.24) is 14.1 Å². The molecule has 0 aliphatic carbocycles. The molecule has 6 nitrogen and oxygen atoms in total. The molecule has 5 heterocycles. The second-order valence-corrected chi connectivity index (χ2v) is 20.0. The monoisotopic (exact) mass is 994 g/mol. The Morgan fingerprint density at radius 1 is 0.308 bits per heavy atom. The van der Waals surface area contributed by atoms with E-state index < -0.39 is 0 Å². The molecular weight excluding hydrogens is 953 g/mol. The van der Waals surface area contributed by atoms with Crippen LogP contribution in [-0.4, -0.2) is 14.1 Å². The molecule has 0 saturated heterocycles. The summed E-state index contributed by atoms with van der Waals surface area (Å²) in [7, 11) is 0. The van der Waals surface area contributed by atoms with Crippen molar-refractivity contribution in [2.24, 2.45) is 0 Å². The van der Waals surface area contributed by atoms with Crippen LogP contribution in [0.25, 0.3) is 155 Å². The fraction of sp³-hybridized carbons (Fsp3) is 0. The molecule has 0 unspecified atom stereocenters. The van der Waals surface area contributed by atoms with Crippen LogP contribution in [0.1, 0.15) is 5.56 Å². The summed E-state index contributed by atoms with van der Waals surface area (Å²) in [5, 5.41) is 20.7. The number of hydrogen-bond donors (Lipinski definition) is 0. The highest BCUT2D eigenvalue weighted by Gasteiger charge is 2.31. The normalized spacial score (nSPS) is 11.8. The molecule has 11 aromatic carbocycles. The predicted molar refractivity (Wildman–Crippen MR) is 319 cm³/mol. The molecule has 0 spiro atoms. The third-order valence-electron chi connectivity index (χ3n) is 15.8. The van der Waals surface area contributed by atoms with Crippen molar-refractivity contribution in [3.8, 4) is 73.3 Å². The Morgan fingerprint density at radius 3 is 1.08 bits per heavy atom. The molecule has 16 rings (SSSR count).